The van der Waals surface area contributed by atoms with Crippen molar-refractivity contribution < 1.29 is 79.2 Å². The zero-order chi connectivity index (χ0) is 34.2. The number of carbonyl (C=O) groups excluding carboxylic acids is 1. The lowest BCUT2D eigenvalue weighted by molar-refractivity contribution is -0.360. The zero-order valence-electron chi connectivity index (χ0n) is 26.4. The minimum absolute atomic E-state index is 0.214. The van der Waals surface area contributed by atoms with Gasteiger partial charge in [-0.15, -0.1) is 0 Å². The highest BCUT2D eigenvalue weighted by Crippen LogP contribution is 2.30. The number of hydrogen-bond acceptors (Lipinski definition) is 15. The molecule has 270 valence electrons. The fourth-order valence-electron chi connectivity index (χ4n) is 5.47. The molecule has 0 unspecified atom stereocenters. The fraction of sp³-hybridized carbons (Fsp3) is 0.933. The molecule has 2 aliphatic heterocycles. The highest BCUT2D eigenvalue weighted by atomic mass is 16.7. The van der Waals surface area contributed by atoms with Crippen LogP contribution in [0.15, 0.2) is 0 Å². The molecule has 16 heteroatoms. The first-order chi connectivity index (χ1) is 21.8. The number of carbonyl (C=O) groups is 2. The van der Waals surface area contributed by atoms with Crippen LogP contribution in [0.1, 0.15) is 84.0 Å². The van der Waals surface area contributed by atoms with E-state index in [0.717, 1.165) is 64.7 Å². The van der Waals surface area contributed by atoms with Gasteiger partial charge >= 0.3 is 11.9 Å². The standard InChI is InChI=1S/C30H54O16/c1-17(32)42-16-21-28(46-30-26(40)24(38)23(37)20(14-31)44-30)25(39)27(41)29(45-21)43-15-19(34)12-10-8-6-4-2-3-5-7-9-11-18(33)13-22(35)36/h18-21,23-31,33-34,37-41H,2-16H2,1H3,(H,35,36)/t18-,19+,20+,21+,23+,24-,25+,26+,27+,28+,29+,30-/m0/s1. The van der Waals surface area contributed by atoms with Gasteiger partial charge in [0.05, 0.1) is 31.8 Å². The van der Waals surface area contributed by atoms with Crippen LogP contribution in [0, 0.1) is 0 Å². The second kappa shape index (κ2) is 21.4. The number of aliphatic carboxylic acids is 1. The maximum atomic E-state index is 11.5. The summed E-state index contributed by atoms with van der Waals surface area (Å²) in [6.07, 6.45) is -7.97. The van der Waals surface area contributed by atoms with Gasteiger partial charge in [0, 0.05) is 6.92 Å². The summed E-state index contributed by atoms with van der Waals surface area (Å²) < 4.78 is 27.2. The van der Waals surface area contributed by atoms with Gasteiger partial charge in [0.2, 0.25) is 0 Å². The van der Waals surface area contributed by atoms with E-state index in [1.807, 2.05) is 0 Å². The van der Waals surface area contributed by atoms with Crippen LogP contribution in [0.2, 0.25) is 0 Å². The minimum atomic E-state index is -1.79. The fourth-order valence-corrected chi connectivity index (χ4v) is 5.47. The van der Waals surface area contributed by atoms with Gasteiger partial charge in [0.15, 0.2) is 12.6 Å². The molecular formula is C30H54O16. The van der Waals surface area contributed by atoms with Crippen molar-refractivity contribution in [1.82, 2.24) is 0 Å². The summed E-state index contributed by atoms with van der Waals surface area (Å²) >= 11 is 0. The van der Waals surface area contributed by atoms with Crippen LogP contribution in [-0.2, 0) is 33.3 Å². The number of aliphatic hydroxyl groups excluding tert-OH is 8. The van der Waals surface area contributed by atoms with E-state index in [2.05, 4.69) is 0 Å². The molecule has 0 bridgehead atoms. The largest absolute Gasteiger partial charge is 0.481 e. The predicted molar refractivity (Wildman–Crippen MR) is 157 cm³/mol. The Kier molecular flexibility index (Phi) is 18.9. The third kappa shape index (κ3) is 13.9. The van der Waals surface area contributed by atoms with Crippen molar-refractivity contribution in [2.75, 3.05) is 19.8 Å². The van der Waals surface area contributed by atoms with Crippen molar-refractivity contribution in [2.45, 2.75) is 158 Å². The van der Waals surface area contributed by atoms with E-state index in [1.54, 1.807) is 0 Å². The Labute approximate surface area is 268 Å². The average molecular weight is 671 g/mol. The van der Waals surface area contributed by atoms with Crippen molar-refractivity contribution in [2.24, 2.45) is 0 Å². The second-order valence-corrected chi connectivity index (χ2v) is 12.1. The second-order valence-electron chi connectivity index (χ2n) is 12.1. The predicted octanol–water partition coefficient (Wildman–Crippen LogP) is -1.31. The van der Waals surface area contributed by atoms with Crippen molar-refractivity contribution >= 4 is 11.9 Å². The van der Waals surface area contributed by atoms with Crippen molar-refractivity contribution in [3.8, 4) is 0 Å². The van der Waals surface area contributed by atoms with E-state index >= 15 is 0 Å². The highest BCUT2D eigenvalue weighted by Gasteiger charge is 2.51. The molecule has 2 rings (SSSR count). The summed E-state index contributed by atoms with van der Waals surface area (Å²) in [5.41, 5.74) is 0. The van der Waals surface area contributed by atoms with Crippen LogP contribution < -0.4 is 0 Å². The van der Waals surface area contributed by atoms with Crippen LogP contribution in [0.25, 0.3) is 0 Å². The maximum Gasteiger partial charge on any atom is 0.305 e. The van der Waals surface area contributed by atoms with E-state index in [4.69, 9.17) is 28.8 Å². The molecule has 0 aliphatic carbocycles. The monoisotopic (exact) mass is 670 g/mol. The normalized spacial score (nSPS) is 33.0. The minimum Gasteiger partial charge on any atom is -0.481 e. The Hall–Kier alpha value is -1.54. The lowest BCUT2D eigenvalue weighted by Gasteiger charge is -2.46. The first kappa shape index (κ1) is 40.6. The van der Waals surface area contributed by atoms with Crippen molar-refractivity contribution in [3.63, 3.8) is 0 Å². The summed E-state index contributed by atoms with van der Waals surface area (Å²) in [5, 5.41) is 90.0. The van der Waals surface area contributed by atoms with Gasteiger partial charge in [0.1, 0.15) is 55.4 Å². The van der Waals surface area contributed by atoms with Gasteiger partial charge < -0.3 is 69.6 Å². The molecule has 2 fully saturated rings. The van der Waals surface area contributed by atoms with Crippen LogP contribution in [0.3, 0.4) is 0 Å². The Morgan fingerprint density at radius 3 is 1.76 bits per heavy atom. The molecule has 0 radical (unpaired) electrons. The van der Waals surface area contributed by atoms with Gasteiger partial charge in [-0.3, -0.25) is 9.59 Å². The van der Waals surface area contributed by atoms with E-state index < -0.39 is 98.8 Å². The molecule has 16 nitrogen and oxygen atoms in total. The van der Waals surface area contributed by atoms with Crippen LogP contribution in [0.5, 0.6) is 0 Å². The third-order valence-corrected chi connectivity index (χ3v) is 8.17. The van der Waals surface area contributed by atoms with Gasteiger partial charge in [-0.25, -0.2) is 0 Å². The average Bonchev–Trinajstić information content (AvgIpc) is 3.00. The molecule has 46 heavy (non-hydrogen) atoms. The molecule has 0 amide bonds. The zero-order valence-corrected chi connectivity index (χ0v) is 26.4. The Balaban J connectivity index is 1.72. The van der Waals surface area contributed by atoms with E-state index in [0.29, 0.717) is 12.8 Å². The maximum absolute atomic E-state index is 11.5. The van der Waals surface area contributed by atoms with Crippen molar-refractivity contribution in [1.29, 1.82) is 0 Å². The Bertz CT molecular complexity index is 861. The number of ether oxygens (including phenoxy) is 5. The summed E-state index contributed by atoms with van der Waals surface area (Å²) in [6, 6.07) is 0. The van der Waals surface area contributed by atoms with Crippen molar-refractivity contribution in [3.05, 3.63) is 0 Å². The topological polar surface area (TPSA) is 262 Å². The summed E-state index contributed by atoms with van der Waals surface area (Å²) in [7, 11) is 0. The van der Waals surface area contributed by atoms with Crippen LogP contribution >= 0.6 is 0 Å². The molecule has 0 spiro atoms. The van der Waals surface area contributed by atoms with E-state index in [9.17, 15) is 50.4 Å². The summed E-state index contributed by atoms with van der Waals surface area (Å²) in [4.78, 5) is 22.0. The molecule has 12 atom stereocenters. The van der Waals surface area contributed by atoms with Gasteiger partial charge in [-0.2, -0.15) is 0 Å². The molecule has 0 saturated carbocycles. The van der Waals surface area contributed by atoms with E-state index in [1.165, 1.54) is 0 Å². The summed E-state index contributed by atoms with van der Waals surface area (Å²) in [5.74, 6) is -1.66. The molecule has 2 saturated heterocycles. The molecule has 0 aromatic carbocycles. The number of carboxylic acids is 1. The number of unbranched alkanes of at least 4 members (excludes halogenated alkanes) is 8. The molecule has 9 N–H and O–H groups in total. The lowest BCUT2D eigenvalue weighted by Crippen LogP contribution is -2.65. The number of carboxylic acid groups (broad SMARTS) is 1. The first-order valence-corrected chi connectivity index (χ1v) is 16.2. The third-order valence-electron chi connectivity index (χ3n) is 8.17. The number of hydrogen-bond donors (Lipinski definition) is 9. The van der Waals surface area contributed by atoms with E-state index in [-0.39, 0.29) is 13.0 Å². The number of esters is 1. The van der Waals surface area contributed by atoms with Gasteiger partial charge in [0.25, 0.3) is 0 Å². The lowest BCUT2D eigenvalue weighted by atomic mass is 9.97. The Morgan fingerprint density at radius 2 is 1.22 bits per heavy atom. The Morgan fingerprint density at radius 1 is 0.696 bits per heavy atom. The smallest absolute Gasteiger partial charge is 0.305 e. The molecule has 2 heterocycles. The number of aliphatic hydroxyl groups is 8. The highest BCUT2D eigenvalue weighted by molar-refractivity contribution is 5.67. The molecule has 0 aromatic rings. The molecular weight excluding hydrogens is 616 g/mol. The number of rotatable bonds is 22. The first-order valence-electron chi connectivity index (χ1n) is 16.2. The summed E-state index contributed by atoms with van der Waals surface area (Å²) in [6.45, 7) is -0.221. The molecule has 0 aromatic heterocycles. The van der Waals surface area contributed by atoms with Gasteiger partial charge in [-0.1, -0.05) is 57.8 Å². The quantitative estimate of drug-likeness (QED) is 0.0478. The van der Waals surface area contributed by atoms with Gasteiger partial charge in [-0.05, 0) is 12.8 Å². The van der Waals surface area contributed by atoms with Crippen LogP contribution in [0.4, 0.5) is 0 Å². The van der Waals surface area contributed by atoms with Crippen LogP contribution in [-0.4, -0.2) is 151 Å². The SMILES string of the molecule is CC(=O)OC[C@H]1O[C@@H](OC[C@H](O)CCCCCCCCCCC[C@H](O)CC(=O)O)[C@H](O)[C@@H](O)[C@@H]1O[C@@H]1O[C@H](CO)[C@@H](O)[C@H](O)[C@H]1O. The molecule has 2 aliphatic rings.